The topological polar surface area (TPSA) is 141 Å². The largest absolute Gasteiger partial charge is 0.494 e. The summed E-state index contributed by atoms with van der Waals surface area (Å²) >= 11 is 0. The summed E-state index contributed by atoms with van der Waals surface area (Å²) in [5.74, 6) is -1.66. The van der Waals surface area contributed by atoms with Crippen molar-refractivity contribution in [2.75, 3.05) is 0 Å². The third-order valence-corrected chi connectivity index (χ3v) is 6.20. The van der Waals surface area contributed by atoms with E-state index in [1.165, 1.54) is 6.92 Å². The highest BCUT2D eigenvalue weighted by molar-refractivity contribution is 6.05. The molecule has 2 aromatic rings. The van der Waals surface area contributed by atoms with Gasteiger partial charge in [-0.1, -0.05) is 43.2 Å². The highest BCUT2D eigenvalue weighted by Gasteiger charge is 2.36. The molecule has 1 aliphatic carbocycles. The van der Waals surface area contributed by atoms with Crippen molar-refractivity contribution in [2.45, 2.75) is 77.5 Å². The van der Waals surface area contributed by atoms with E-state index in [4.69, 9.17) is 4.74 Å². The number of alkyl carbamates (subject to hydrolysis) is 1. The van der Waals surface area contributed by atoms with Crippen LogP contribution in [-0.2, 0) is 9.53 Å². The van der Waals surface area contributed by atoms with Crippen LogP contribution in [0.3, 0.4) is 0 Å². The highest BCUT2D eigenvalue weighted by atomic mass is 16.6. The van der Waals surface area contributed by atoms with E-state index >= 15 is 0 Å². The first-order chi connectivity index (χ1) is 16.5. The van der Waals surface area contributed by atoms with Gasteiger partial charge in [0.2, 0.25) is 11.8 Å². The van der Waals surface area contributed by atoms with Crippen molar-refractivity contribution >= 4 is 17.8 Å². The molecule has 0 unspecified atom stereocenters. The number of aromatic nitrogens is 1. The molecule has 1 heterocycles. The Bertz CT molecular complexity index is 1050. The fourth-order valence-corrected chi connectivity index (χ4v) is 4.51. The number of Topliss-reactive ketones (excluding diaryl/α,β-unsaturated/α-hetero) is 1. The predicted octanol–water partition coefficient (Wildman–Crippen LogP) is 4.25. The first kappa shape index (κ1) is 26.1. The minimum Gasteiger partial charge on any atom is -0.494 e. The molecule has 0 spiro atoms. The number of nitrogens with one attached hydrogen (secondary N) is 3. The van der Waals surface area contributed by atoms with Gasteiger partial charge < -0.3 is 25.6 Å². The minimum atomic E-state index is -0.859. The van der Waals surface area contributed by atoms with Crippen molar-refractivity contribution in [3.05, 3.63) is 47.0 Å². The van der Waals surface area contributed by atoms with Crippen molar-refractivity contribution in [3.63, 3.8) is 0 Å². The van der Waals surface area contributed by atoms with Crippen LogP contribution in [0.5, 0.6) is 11.8 Å². The van der Waals surface area contributed by atoms with E-state index in [0.29, 0.717) is 0 Å². The van der Waals surface area contributed by atoms with Gasteiger partial charge in [0, 0.05) is 5.56 Å². The number of H-pyrrole nitrogens is 1. The molecular weight excluding hydrogens is 450 g/mol. The van der Waals surface area contributed by atoms with Gasteiger partial charge in [0.25, 0.3) is 0 Å². The van der Waals surface area contributed by atoms with Gasteiger partial charge in [-0.25, -0.2) is 4.79 Å². The average molecular weight is 486 g/mol. The molecule has 0 bridgehead atoms. The fraction of sp³-hybridized carbons (Fsp3) is 0.500. The summed E-state index contributed by atoms with van der Waals surface area (Å²) in [6.07, 6.45) is 2.67. The average Bonchev–Trinajstić information content (AvgIpc) is 3.38. The lowest BCUT2D eigenvalue weighted by atomic mass is 9.90. The van der Waals surface area contributed by atoms with E-state index in [1.807, 2.05) is 18.2 Å². The van der Waals surface area contributed by atoms with E-state index < -0.39 is 41.3 Å². The van der Waals surface area contributed by atoms with Crippen LogP contribution >= 0.6 is 0 Å². The monoisotopic (exact) mass is 485 g/mol. The number of benzene rings is 1. The second-order valence-electron chi connectivity index (χ2n) is 10.1. The Morgan fingerprint density at radius 2 is 1.69 bits per heavy atom. The van der Waals surface area contributed by atoms with Gasteiger partial charge >= 0.3 is 6.09 Å². The standard InChI is InChI=1S/C26H35N3O6/c1-15-20(24(33)29-23(15)32)22(31)21(17-12-8-9-13-17)28-19(30)14-18(16-10-6-5-7-11-16)27-25(34)35-26(2,3)4/h5-7,10-11,17-18,21,29,32-33H,8-9,12-14H2,1-4H3,(H,27,34)(H,28,30)/t18-,21-/m0/s1. The number of amides is 2. The summed E-state index contributed by atoms with van der Waals surface area (Å²) in [4.78, 5) is 41.4. The smallest absolute Gasteiger partial charge is 0.408 e. The second-order valence-corrected chi connectivity index (χ2v) is 10.1. The Hall–Kier alpha value is -3.49. The van der Waals surface area contributed by atoms with Crippen molar-refractivity contribution < 1.29 is 29.3 Å². The molecule has 3 rings (SSSR count). The molecule has 1 saturated carbocycles. The third-order valence-electron chi connectivity index (χ3n) is 6.20. The third kappa shape index (κ3) is 6.77. The Morgan fingerprint density at radius 3 is 2.23 bits per heavy atom. The van der Waals surface area contributed by atoms with Gasteiger partial charge in [0.05, 0.1) is 24.1 Å². The van der Waals surface area contributed by atoms with E-state index in [1.54, 1.807) is 32.9 Å². The quantitative estimate of drug-likeness (QED) is 0.354. The van der Waals surface area contributed by atoms with Crippen molar-refractivity contribution in [3.8, 4) is 11.8 Å². The van der Waals surface area contributed by atoms with Gasteiger partial charge in [0.15, 0.2) is 11.7 Å². The van der Waals surface area contributed by atoms with Gasteiger partial charge in [0.1, 0.15) is 5.60 Å². The van der Waals surface area contributed by atoms with Crippen LogP contribution in [0, 0.1) is 12.8 Å². The lowest BCUT2D eigenvalue weighted by molar-refractivity contribution is -0.122. The fourth-order valence-electron chi connectivity index (χ4n) is 4.51. The molecule has 1 aliphatic rings. The molecule has 1 aromatic carbocycles. The lowest BCUT2D eigenvalue weighted by Crippen LogP contribution is -2.46. The summed E-state index contributed by atoms with van der Waals surface area (Å²) in [7, 11) is 0. The predicted molar refractivity (Wildman–Crippen MR) is 130 cm³/mol. The Kier molecular flexibility index (Phi) is 8.09. The molecule has 5 N–H and O–H groups in total. The van der Waals surface area contributed by atoms with E-state index in [-0.39, 0.29) is 29.3 Å². The zero-order valence-corrected chi connectivity index (χ0v) is 20.7. The molecule has 190 valence electrons. The molecule has 35 heavy (non-hydrogen) atoms. The zero-order chi connectivity index (χ0) is 25.8. The number of aromatic amines is 1. The highest BCUT2D eigenvalue weighted by Crippen LogP contribution is 2.34. The number of ketones is 1. The maximum absolute atomic E-state index is 13.4. The number of aromatic hydroxyl groups is 2. The van der Waals surface area contributed by atoms with Crippen molar-refractivity contribution in [2.24, 2.45) is 5.92 Å². The number of hydrogen-bond donors (Lipinski definition) is 5. The number of hydrogen-bond acceptors (Lipinski definition) is 6. The molecule has 9 nitrogen and oxygen atoms in total. The molecule has 0 radical (unpaired) electrons. The van der Waals surface area contributed by atoms with Gasteiger partial charge in [-0.05, 0) is 52.0 Å². The van der Waals surface area contributed by atoms with Crippen molar-refractivity contribution in [1.29, 1.82) is 0 Å². The van der Waals surface area contributed by atoms with E-state index in [9.17, 15) is 24.6 Å². The maximum atomic E-state index is 13.4. The molecule has 2 atom stereocenters. The summed E-state index contributed by atoms with van der Waals surface area (Å²) in [5.41, 5.74) is 0.237. The normalized spacial score (nSPS) is 15.9. The summed E-state index contributed by atoms with van der Waals surface area (Å²) in [5, 5.41) is 25.7. The first-order valence-electron chi connectivity index (χ1n) is 11.9. The molecule has 0 aliphatic heterocycles. The number of carbonyl (C=O) groups is 3. The first-order valence-corrected chi connectivity index (χ1v) is 11.9. The molecule has 2 amide bonds. The molecule has 1 fully saturated rings. The van der Waals surface area contributed by atoms with Crippen LogP contribution in [0.1, 0.15) is 80.4 Å². The van der Waals surface area contributed by atoms with Gasteiger partial charge in [-0.15, -0.1) is 0 Å². The lowest BCUT2D eigenvalue weighted by Gasteiger charge is -2.26. The molecule has 1 aromatic heterocycles. The number of ether oxygens (including phenoxy) is 1. The minimum absolute atomic E-state index is 0.0220. The zero-order valence-electron chi connectivity index (χ0n) is 20.7. The van der Waals surface area contributed by atoms with Gasteiger partial charge in [-0.3, -0.25) is 14.6 Å². The number of rotatable bonds is 8. The van der Waals surface area contributed by atoms with Crippen LogP contribution in [0.25, 0.3) is 0 Å². The Balaban J connectivity index is 1.80. The van der Waals surface area contributed by atoms with Crippen LogP contribution in [0.2, 0.25) is 0 Å². The summed E-state index contributed by atoms with van der Waals surface area (Å²) in [6.45, 7) is 6.79. The van der Waals surface area contributed by atoms with Crippen LogP contribution in [0.15, 0.2) is 30.3 Å². The summed E-state index contributed by atoms with van der Waals surface area (Å²) in [6, 6.07) is 7.54. The van der Waals surface area contributed by atoms with Crippen molar-refractivity contribution in [1.82, 2.24) is 15.6 Å². The molecular formula is C26H35N3O6. The van der Waals surface area contributed by atoms with Crippen LogP contribution in [0.4, 0.5) is 4.79 Å². The van der Waals surface area contributed by atoms with Gasteiger partial charge in [-0.2, -0.15) is 0 Å². The molecule has 9 heteroatoms. The van der Waals surface area contributed by atoms with E-state index in [2.05, 4.69) is 15.6 Å². The summed E-state index contributed by atoms with van der Waals surface area (Å²) < 4.78 is 5.37. The Labute approximate surface area is 205 Å². The Morgan fingerprint density at radius 1 is 1.06 bits per heavy atom. The SMILES string of the molecule is Cc1c(O)[nH]c(O)c1C(=O)[C@@H](NC(=O)C[C@H](NC(=O)OC(C)(C)C)c1ccccc1)C1CCCC1. The van der Waals surface area contributed by atoms with Crippen LogP contribution < -0.4 is 10.6 Å². The maximum Gasteiger partial charge on any atom is 0.408 e. The van der Waals surface area contributed by atoms with E-state index in [0.717, 1.165) is 31.2 Å². The van der Waals surface area contributed by atoms with Crippen LogP contribution in [-0.4, -0.2) is 44.6 Å². The number of carbonyl (C=O) groups excluding carboxylic acids is 3. The molecule has 0 saturated heterocycles. The second kappa shape index (κ2) is 10.8.